The van der Waals surface area contributed by atoms with Gasteiger partial charge in [0.05, 0.1) is 30.7 Å². The van der Waals surface area contributed by atoms with Crippen LogP contribution in [0, 0.1) is 30.1 Å². The quantitative estimate of drug-likeness (QED) is 0.269. The Kier molecular flexibility index (Phi) is 10.3. The number of thiophene rings is 1. The first-order chi connectivity index (χ1) is 21.1. The number of hydrogen-bond donors (Lipinski definition) is 2. The standard InChI is InChI=1S/C34H47N3O7S/c1-20-12-23-13-21(2)15-34(14-20,16-23)18-44-26(24-10-8-9-11-25(24)43-7)17-37(19-38)31-27(22(3)28(45-31)29(35)39)30(40)36(6)33(4,5)32(41)42/h8-11,19-21,23,26H,12-18H2,1-7H3,(H2,35,39)(H,41,42). The van der Waals surface area contributed by atoms with Gasteiger partial charge in [0.2, 0.25) is 6.41 Å². The number of primary amides is 1. The number of carboxylic acid groups (broad SMARTS) is 1. The minimum absolute atomic E-state index is 0.0267. The summed E-state index contributed by atoms with van der Waals surface area (Å²) in [5, 5.41) is 9.99. The van der Waals surface area contributed by atoms with E-state index in [9.17, 15) is 24.3 Å². The number of amides is 3. The van der Waals surface area contributed by atoms with Crippen molar-refractivity contribution in [1.29, 1.82) is 0 Å². The van der Waals surface area contributed by atoms with E-state index in [2.05, 4.69) is 13.8 Å². The molecule has 11 heteroatoms. The van der Waals surface area contributed by atoms with Crippen LogP contribution in [-0.2, 0) is 14.3 Å². The molecule has 0 radical (unpaired) electrons. The zero-order valence-electron chi connectivity index (χ0n) is 27.4. The number of rotatable bonds is 13. The Bertz CT molecular complexity index is 1420. The van der Waals surface area contributed by atoms with Crippen LogP contribution >= 0.6 is 11.3 Å². The lowest BCUT2D eigenvalue weighted by Crippen LogP contribution is -2.51. The second kappa shape index (κ2) is 13.5. The van der Waals surface area contributed by atoms with Crippen molar-refractivity contribution in [3.63, 3.8) is 0 Å². The smallest absolute Gasteiger partial charge is 0.329 e. The number of ether oxygens (including phenoxy) is 2. The topological polar surface area (TPSA) is 139 Å². The highest BCUT2D eigenvalue weighted by Gasteiger charge is 2.45. The molecule has 10 nitrogen and oxygen atoms in total. The van der Waals surface area contributed by atoms with Crippen LogP contribution in [0.15, 0.2) is 24.3 Å². The van der Waals surface area contributed by atoms with E-state index in [1.54, 1.807) is 14.0 Å². The van der Waals surface area contributed by atoms with Gasteiger partial charge < -0.3 is 30.1 Å². The number of carboxylic acids is 1. The van der Waals surface area contributed by atoms with Crippen LogP contribution in [0.25, 0.3) is 0 Å². The van der Waals surface area contributed by atoms with Gasteiger partial charge in [-0.25, -0.2) is 4.79 Å². The van der Waals surface area contributed by atoms with Gasteiger partial charge in [-0.05, 0) is 87.7 Å². The van der Waals surface area contributed by atoms with Gasteiger partial charge in [-0.15, -0.1) is 11.3 Å². The fourth-order valence-corrected chi connectivity index (χ4v) is 8.77. The number of fused-ring (bicyclic) bond motifs is 2. The van der Waals surface area contributed by atoms with E-state index in [-0.39, 0.29) is 27.4 Å². The summed E-state index contributed by atoms with van der Waals surface area (Å²) in [6.07, 6.45) is 5.76. The summed E-state index contributed by atoms with van der Waals surface area (Å²) < 4.78 is 12.5. The summed E-state index contributed by atoms with van der Waals surface area (Å²) >= 11 is 0.937. The fourth-order valence-electron chi connectivity index (χ4n) is 7.64. The number of hydrogen-bond acceptors (Lipinski definition) is 7. The number of methoxy groups -OCH3 is 1. The fraction of sp³-hybridized carbons (Fsp3) is 0.588. The van der Waals surface area contributed by atoms with Gasteiger partial charge in [0.15, 0.2) is 0 Å². The third kappa shape index (κ3) is 7.04. The Balaban J connectivity index is 1.74. The number of benzene rings is 1. The predicted molar refractivity (Wildman–Crippen MR) is 174 cm³/mol. The van der Waals surface area contributed by atoms with Gasteiger partial charge in [-0.1, -0.05) is 32.0 Å². The number of anilines is 1. The number of para-hydroxylation sites is 1. The zero-order chi connectivity index (χ0) is 33.3. The number of aliphatic carboxylic acids is 1. The molecular formula is C34H47N3O7S. The summed E-state index contributed by atoms with van der Waals surface area (Å²) in [5.41, 5.74) is 5.27. The van der Waals surface area contributed by atoms with Crippen LogP contribution in [0.3, 0.4) is 0 Å². The first-order valence-electron chi connectivity index (χ1n) is 15.5. The molecule has 1 aromatic carbocycles. The maximum Gasteiger partial charge on any atom is 0.329 e. The Morgan fingerprint density at radius 3 is 2.33 bits per heavy atom. The summed E-state index contributed by atoms with van der Waals surface area (Å²) in [6.45, 7) is 9.59. The largest absolute Gasteiger partial charge is 0.496 e. The van der Waals surface area contributed by atoms with Gasteiger partial charge in [-0.2, -0.15) is 0 Å². The van der Waals surface area contributed by atoms with E-state index in [1.165, 1.54) is 38.6 Å². The van der Waals surface area contributed by atoms with Crippen LogP contribution in [0.4, 0.5) is 5.00 Å². The minimum atomic E-state index is -1.56. The molecule has 1 aromatic heterocycles. The average molecular weight is 642 g/mol. The van der Waals surface area contributed by atoms with Crippen LogP contribution < -0.4 is 15.4 Å². The average Bonchev–Trinajstić information content (AvgIpc) is 3.32. The molecule has 1 heterocycles. The maximum absolute atomic E-state index is 13.9. The predicted octanol–water partition coefficient (Wildman–Crippen LogP) is 5.67. The molecule has 0 spiro atoms. The molecule has 2 saturated carbocycles. The van der Waals surface area contributed by atoms with Gasteiger partial charge >= 0.3 is 5.97 Å². The normalized spacial score (nSPS) is 23.6. The molecule has 4 rings (SSSR count). The molecule has 3 atom stereocenters. The summed E-state index contributed by atoms with van der Waals surface area (Å²) in [5.74, 6) is -0.0758. The molecule has 3 unspecified atom stereocenters. The van der Waals surface area contributed by atoms with E-state index in [0.717, 1.165) is 41.1 Å². The summed E-state index contributed by atoms with van der Waals surface area (Å²) in [4.78, 5) is 53.7. The number of carbonyl (C=O) groups excluding carboxylic acids is 3. The molecular weight excluding hydrogens is 594 g/mol. The van der Waals surface area contributed by atoms with Crippen LogP contribution in [0.2, 0.25) is 0 Å². The number of likely N-dealkylation sites (N-methyl/N-ethyl adjacent to an activating group) is 1. The van der Waals surface area contributed by atoms with Crippen molar-refractivity contribution in [1.82, 2.24) is 4.90 Å². The molecule has 2 bridgehead atoms. The van der Waals surface area contributed by atoms with Crippen LogP contribution in [0.5, 0.6) is 5.75 Å². The molecule has 2 aliphatic carbocycles. The first-order valence-corrected chi connectivity index (χ1v) is 16.4. The molecule has 3 N–H and O–H groups in total. The Morgan fingerprint density at radius 1 is 1.16 bits per heavy atom. The summed E-state index contributed by atoms with van der Waals surface area (Å²) in [7, 11) is 2.97. The van der Waals surface area contributed by atoms with E-state index < -0.39 is 29.4 Å². The van der Waals surface area contributed by atoms with E-state index >= 15 is 0 Å². The maximum atomic E-state index is 13.9. The lowest BCUT2D eigenvalue weighted by molar-refractivity contribution is -0.147. The molecule has 0 aliphatic heterocycles. The Hall–Kier alpha value is -3.44. The van der Waals surface area contributed by atoms with Crippen molar-refractivity contribution in [3.05, 3.63) is 45.8 Å². The van der Waals surface area contributed by atoms with E-state index in [1.807, 2.05) is 24.3 Å². The highest BCUT2D eigenvalue weighted by molar-refractivity contribution is 7.18. The molecule has 0 saturated heterocycles. The SMILES string of the molecule is COc1ccccc1C(CN(C=O)c1sc(C(N)=O)c(C)c1C(=O)N(C)C(C)(C)C(=O)O)OCC12CC(C)CC(CC(C)C1)C2. The minimum Gasteiger partial charge on any atom is -0.496 e. The Labute approximate surface area is 269 Å². The molecule has 2 aromatic rings. The highest BCUT2D eigenvalue weighted by Crippen LogP contribution is 2.53. The molecule has 2 fully saturated rings. The monoisotopic (exact) mass is 641 g/mol. The van der Waals surface area contributed by atoms with Crippen molar-refractivity contribution in [2.45, 2.75) is 78.4 Å². The molecule has 3 amide bonds. The van der Waals surface area contributed by atoms with Gasteiger partial charge in [0.25, 0.3) is 11.8 Å². The summed E-state index contributed by atoms with van der Waals surface area (Å²) in [6, 6.07) is 7.50. The molecule has 246 valence electrons. The van der Waals surface area contributed by atoms with E-state index in [4.69, 9.17) is 15.2 Å². The van der Waals surface area contributed by atoms with Gasteiger partial charge in [0.1, 0.15) is 22.4 Å². The second-order valence-electron chi connectivity index (χ2n) is 13.8. The first kappa shape index (κ1) is 34.4. The van der Waals surface area contributed by atoms with Crippen molar-refractivity contribution in [2.24, 2.45) is 28.9 Å². The van der Waals surface area contributed by atoms with Crippen molar-refractivity contribution in [2.75, 3.05) is 32.2 Å². The highest BCUT2D eigenvalue weighted by atomic mass is 32.1. The lowest BCUT2D eigenvalue weighted by Gasteiger charge is -2.50. The lowest BCUT2D eigenvalue weighted by atomic mass is 9.57. The van der Waals surface area contributed by atoms with Crippen molar-refractivity contribution < 1.29 is 33.8 Å². The third-order valence-electron chi connectivity index (χ3n) is 9.82. The number of nitrogens with zero attached hydrogens (tertiary/aromatic N) is 2. The van der Waals surface area contributed by atoms with Gasteiger partial charge in [0, 0.05) is 12.6 Å². The Morgan fingerprint density at radius 2 is 1.78 bits per heavy atom. The third-order valence-corrected chi connectivity index (χ3v) is 11.2. The number of carbonyl (C=O) groups is 4. The molecule has 2 aliphatic rings. The van der Waals surface area contributed by atoms with Crippen molar-refractivity contribution >= 4 is 40.5 Å². The van der Waals surface area contributed by atoms with Gasteiger partial charge in [-0.3, -0.25) is 14.4 Å². The number of nitrogens with two attached hydrogens (primary N) is 1. The molecule has 45 heavy (non-hydrogen) atoms. The van der Waals surface area contributed by atoms with Crippen molar-refractivity contribution in [3.8, 4) is 5.75 Å². The zero-order valence-corrected chi connectivity index (χ0v) is 28.2. The second-order valence-corrected chi connectivity index (χ2v) is 14.8. The van der Waals surface area contributed by atoms with Crippen LogP contribution in [-0.4, -0.2) is 67.0 Å². The van der Waals surface area contributed by atoms with Crippen LogP contribution in [0.1, 0.15) is 97.1 Å². The van der Waals surface area contributed by atoms with E-state index in [0.29, 0.717) is 42.1 Å².